The van der Waals surface area contributed by atoms with Gasteiger partial charge < -0.3 is 9.30 Å². The van der Waals surface area contributed by atoms with Crippen LogP contribution in [0, 0.1) is 18.3 Å². The van der Waals surface area contributed by atoms with Crippen LogP contribution >= 0.6 is 15.9 Å². The van der Waals surface area contributed by atoms with Crippen LogP contribution in [0.2, 0.25) is 0 Å². The van der Waals surface area contributed by atoms with Gasteiger partial charge in [0.2, 0.25) is 0 Å². The molecule has 2 aromatic rings. The number of nitrogens with zero attached hydrogens (tertiary/aromatic N) is 2. The highest BCUT2D eigenvalue weighted by Gasteiger charge is 2.08. The molecule has 0 saturated heterocycles. The smallest absolute Gasteiger partial charge is 0.269 e. The average Bonchev–Trinajstić information content (AvgIpc) is 2.43. The summed E-state index contributed by atoms with van der Waals surface area (Å²) < 4.78 is 7.53. The Morgan fingerprint density at radius 2 is 2.15 bits per heavy atom. The zero-order chi connectivity index (χ0) is 14.7. The summed E-state index contributed by atoms with van der Waals surface area (Å²) in [5.41, 5.74) is 1.58. The molecule has 2 rings (SSSR count). The fourth-order valence-electron chi connectivity index (χ4n) is 1.93. The van der Waals surface area contributed by atoms with Crippen molar-refractivity contribution in [3.05, 3.63) is 62.0 Å². The van der Waals surface area contributed by atoms with Gasteiger partial charge in [-0.15, -0.1) is 0 Å². The summed E-state index contributed by atoms with van der Waals surface area (Å²) in [6.45, 7) is 2.17. The van der Waals surface area contributed by atoms with Gasteiger partial charge in [0.1, 0.15) is 17.4 Å². The molecule has 0 aliphatic heterocycles. The lowest BCUT2D eigenvalue weighted by molar-refractivity contribution is 0.412. The second kappa shape index (κ2) is 5.93. The maximum Gasteiger partial charge on any atom is 0.269 e. The predicted molar refractivity (Wildman–Crippen MR) is 80.0 cm³/mol. The number of hydrogen-bond donors (Lipinski definition) is 0. The Morgan fingerprint density at radius 1 is 1.40 bits per heavy atom. The molecule has 0 aliphatic rings. The number of aryl methyl sites for hydroxylation is 1. The summed E-state index contributed by atoms with van der Waals surface area (Å²) in [5.74, 6) is 0.739. The minimum atomic E-state index is -0.264. The number of aromatic nitrogens is 1. The van der Waals surface area contributed by atoms with Gasteiger partial charge in [0, 0.05) is 6.20 Å². The SMILES string of the molecule is COc1ccc(Cn2ccc(C)c(C#N)c2=O)cc1Br. The van der Waals surface area contributed by atoms with Crippen LogP contribution in [0.5, 0.6) is 5.75 Å². The van der Waals surface area contributed by atoms with E-state index in [0.29, 0.717) is 12.1 Å². The number of rotatable bonds is 3. The topological polar surface area (TPSA) is 55.0 Å². The van der Waals surface area contributed by atoms with Crippen LogP contribution in [0.15, 0.2) is 39.7 Å². The molecule has 20 heavy (non-hydrogen) atoms. The average molecular weight is 333 g/mol. The van der Waals surface area contributed by atoms with Crippen LogP contribution in [0.3, 0.4) is 0 Å². The van der Waals surface area contributed by atoms with E-state index in [9.17, 15) is 4.79 Å². The number of methoxy groups -OCH3 is 1. The third-order valence-electron chi connectivity index (χ3n) is 3.05. The number of ether oxygens (including phenoxy) is 1. The van der Waals surface area contributed by atoms with Crippen LogP contribution in [0.1, 0.15) is 16.7 Å². The molecule has 1 aromatic carbocycles. The Bertz CT molecular complexity index is 745. The highest BCUT2D eigenvalue weighted by atomic mass is 79.9. The third kappa shape index (κ3) is 2.75. The van der Waals surface area contributed by atoms with Gasteiger partial charge in [-0.25, -0.2) is 0 Å². The van der Waals surface area contributed by atoms with E-state index in [1.807, 2.05) is 24.3 Å². The van der Waals surface area contributed by atoms with Crippen molar-refractivity contribution >= 4 is 15.9 Å². The van der Waals surface area contributed by atoms with E-state index in [4.69, 9.17) is 10.00 Å². The molecule has 1 heterocycles. The van der Waals surface area contributed by atoms with E-state index in [2.05, 4.69) is 15.9 Å². The predicted octanol–water partition coefficient (Wildman–Crippen LogP) is 2.85. The van der Waals surface area contributed by atoms with Gasteiger partial charge in [-0.2, -0.15) is 5.26 Å². The van der Waals surface area contributed by atoms with Crippen LogP contribution in [0.25, 0.3) is 0 Å². The summed E-state index contributed by atoms with van der Waals surface area (Å²) in [4.78, 5) is 12.1. The number of hydrogen-bond acceptors (Lipinski definition) is 3. The second-order valence-corrected chi connectivity index (χ2v) is 5.24. The zero-order valence-electron chi connectivity index (χ0n) is 11.2. The van der Waals surface area contributed by atoms with Gasteiger partial charge in [0.05, 0.1) is 18.1 Å². The Balaban J connectivity index is 2.39. The Morgan fingerprint density at radius 3 is 2.75 bits per heavy atom. The van der Waals surface area contributed by atoms with Gasteiger partial charge in [-0.05, 0) is 52.2 Å². The molecular weight excluding hydrogens is 320 g/mol. The number of nitriles is 1. The van der Waals surface area contributed by atoms with Crippen LogP contribution in [-0.4, -0.2) is 11.7 Å². The molecule has 0 N–H and O–H groups in total. The summed E-state index contributed by atoms with van der Waals surface area (Å²) in [6, 6.07) is 9.36. The maximum absolute atomic E-state index is 12.1. The molecule has 0 fully saturated rings. The molecule has 0 bridgehead atoms. The molecule has 0 aliphatic carbocycles. The van der Waals surface area contributed by atoms with Crippen LogP contribution < -0.4 is 10.3 Å². The highest BCUT2D eigenvalue weighted by Crippen LogP contribution is 2.25. The monoisotopic (exact) mass is 332 g/mol. The zero-order valence-corrected chi connectivity index (χ0v) is 12.8. The van der Waals surface area contributed by atoms with Crippen molar-refractivity contribution in [3.8, 4) is 11.8 Å². The normalized spacial score (nSPS) is 10.1. The van der Waals surface area contributed by atoms with Crippen molar-refractivity contribution in [2.45, 2.75) is 13.5 Å². The fourth-order valence-corrected chi connectivity index (χ4v) is 2.52. The molecule has 0 atom stereocenters. The summed E-state index contributed by atoms with van der Waals surface area (Å²) in [5, 5.41) is 9.01. The lowest BCUT2D eigenvalue weighted by atomic mass is 10.1. The standard InChI is InChI=1S/C15H13BrN2O2/c1-10-5-6-18(15(19)12(10)8-17)9-11-3-4-14(20-2)13(16)7-11/h3-7H,9H2,1-2H3. The van der Waals surface area contributed by atoms with Gasteiger partial charge in [0.15, 0.2) is 0 Å². The largest absolute Gasteiger partial charge is 0.496 e. The fraction of sp³-hybridized carbons (Fsp3) is 0.200. The van der Waals surface area contributed by atoms with E-state index >= 15 is 0 Å². The van der Waals surface area contributed by atoms with Crippen LogP contribution in [0.4, 0.5) is 0 Å². The van der Waals surface area contributed by atoms with Gasteiger partial charge in [0.25, 0.3) is 5.56 Å². The van der Waals surface area contributed by atoms with E-state index in [1.54, 1.807) is 26.3 Å². The quantitative estimate of drug-likeness (QED) is 0.868. The van der Waals surface area contributed by atoms with Crippen molar-refractivity contribution in [3.63, 3.8) is 0 Å². The molecule has 102 valence electrons. The van der Waals surface area contributed by atoms with Gasteiger partial charge in [-0.1, -0.05) is 6.07 Å². The first kappa shape index (κ1) is 14.4. The number of benzene rings is 1. The summed E-state index contributed by atoms with van der Waals surface area (Å²) in [6.07, 6.45) is 1.71. The van der Waals surface area contributed by atoms with Gasteiger partial charge in [-0.3, -0.25) is 4.79 Å². The number of halogens is 1. The molecule has 4 nitrogen and oxygen atoms in total. The van der Waals surface area contributed by atoms with E-state index in [-0.39, 0.29) is 11.1 Å². The molecule has 0 amide bonds. The number of pyridine rings is 1. The van der Waals surface area contributed by atoms with Crippen molar-refractivity contribution in [2.75, 3.05) is 7.11 Å². The summed E-state index contributed by atoms with van der Waals surface area (Å²) in [7, 11) is 1.60. The molecular formula is C15H13BrN2O2. The third-order valence-corrected chi connectivity index (χ3v) is 3.67. The Kier molecular flexibility index (Phi) is 4.26. The Labute approximate surface area is 125 Å². The molecule has 5 heteroatoms. The second-order valence-electron chi connectivity index (χ2n) is 4.39. The van der Waals surface area contributed by atoms with E-state index in [0.717, 1.165) is 15.8 Å². The minimum Gasteiger partial charge on any atom is -0.496 e. The Hall–Kier alpha value is -2.06. The van der Waals surface area contributed by atoms with Crippen molar-refractivity contribution in [2.24, 2.45) is 0 Å². The summed E-state index contributed by atoms with van der Waals surface area (Å²) >= 11 is 3.41. The molecule has 0 spiro atoms. The molecule has 0 saturated carbocycles. The lowest BCUT2D eigenvalue weighted by Gasteiger charge is -2.09. The molecule has 0 radical (unpaired) electrons. The first-order chi connectivity index (χ1) is 9.56. The van der Waals surface area contributed by atoms with Crippen molar-refractivity contribution in [1.82, 2.24) is 4.57 Å². The molecule has 0 unspecified atom stereocenters. The van der Waals surface area contributed by atoms with Gasteiger partial charge >= 0.3 is 0 Å². The molecule has 1 aromatic heterocycles. The van der Waals surface area contributed by atoms with E-state index in [1.165, 1.54) is 4.57 Å². The van der Waals surface area contributed by atoms with Crippen LogP contribution in [-0.2, 0) is 6.54 Å². The van der Waals surface area contributed by atoms with Crippen molar-refractivity contribution in [1.29, 1.82) is 5.26 Å². The first-order valence-electron chi connectivity index (χ1n) is 5.99. The first-order valence-corrected chi connectivity index (χ1v) is 6.78. The minimum absolute atomic E-state index is 0.195. The lowest BCUT2D eigenvalue weighted by Crippen LogP contribution is -2.23. The highest BCUT2D eigenvalue weighted by molar-refractivity contribution is 9.10. The van der Waals surface area contributed by atoms with Crippen molar-refractivity contribution < 1.29 is 4.74 Å². The maximum atomic E-state index is 12.1. The van der Waals surface area contributed by atoms with E-state index < -0.39 is 0 Å².